The quantitative estimate of drug-likeness (QED) is 0.283. The molecule has 4 heteroatoms. The van der Waals surface area contributed by atoms with Crippen molar-refractivity contribution in [3.05, 3.63) is 127 Å². The van der Waals surface area contributed by atoms with E-state index in [4.69, 9.17) is 4.74 Å². The monoisotopic (exact) mass is 445 g/mol. The van der Waals surface area contributed by atoms with Crippen molar-refractivity contribution in [2.75, 3.05) is 12.4 Å². The number of anilines is 1. The summed E-state index contributed by atoms with van der Waals surface area (Å²) in [5.41, 5.74) is 8.08. The fraction of sp³-hybridized carbons (Fsp3) is 0.100. The van der Waals surface area contributed by atoms with Gasteiger partial charge in [0.1, 0.15) is 5.75 Å². The number of aromatic nitrogens is 2. The summed E-state index contributed by atoms with van der Waals surface area (Å²) < 4.78 is 7.77. The summed E-state index contributed by atoms with van der Waals surface area (Å²) in [6.45, 7) is 1.46. The van der Waals surface area contributed by atoms with E-state index in [1.807, 2.05) is 48.9 Å². The first-order valence-electron chi connectivity index (χ1n) is 11.4. The second-order valence-electron chi connectivity index (χ2n) is 8.21. The maximum Gasteiger partial charge on any atom is 0.126 e. The molecular weight excluding hydrogens is 418 g/mol. The van der Waals surface area contributed by atoms with E-state index in [0.717, 1.165) is 34.8 Å². The van der Waals surface area contributed by atoms with E-state index < -0.39 is 0 Å². The number of nitrogens with zero attached hydrogens (tertiary/aromatic N) is 2. The molecule has 168 valence electrons. The standard InChI is InChI=1S/C30H27N3O/c1-34-30-17-16-27(18-29(30)26-10-6-3-7-11-26)32-20-28-19-31-22-33(28)21-23-12-14-25(15-13-23)24-8-4-2-5-9-24/h2-19,22,32H,20-21H2,1H3. The SMILES string of the molecule is COc1ccc(NCc2cncn2Cc2ccc(-c3ccccc3)cc2)cc1-c1ccccc1. The number of methoxy groups -OCH3 is 1. The zero-order valence-electron chi connectivity index (χ0n) is 19.2. The number of hydrogen-bond donors (Lipinski definition) is 1. The van der Waals surface area contributed by atoms with Gasteiger partial charge in [-0.05, 0) is 40.5 Å². The van der Waals surface area contributed by atoms with Crippen LogP contribution in [0.3, 0.4) is 0 Å². The number of ether oxygens (including phenoxy) is 1. The molecule has 0 fully saturated rings. The fourth-order valence-corrected chi connectivity index (χ4v) is 4.12. The highest BCUT2D eigenvalue weighted by Crippen LogP contribution is 2.32. The molecule has 0 unspecified atom stereocenters. The number of benzene rings is 4. The topological polar surface area (TPSA) is 39.1 Å². The van der Waals surface area contributed by atoms with Crippen LogP contribution >= 0.6 is 0 Å². The number of imidazole rings is 1. The normalized spacial score (nSPS) is 10.7. The van der Waals surface area contributed by atoms with Gasteiger partial charge in [0.25, 0.3) is 0 Å². The Morgan fingerprint density at radius 2 is 1.44 bits per heavy atom. The van der Waals surface area contributed by atoms with Gasteiger partial charge in [-0.25, -0.2) is 4.98 Å². The van der Waals surface area contributed by atoms with E-state index >= 15 is 0 Å². The van der Waals surface area contributed by atoms with Gasteiger partial charge < -0.3 is 14.6 Å². The molecule has 0 atom stereocenters. The largest absolute Gasteiger partial charge is 0.496 e. The molecule has 34 heavy (non-hydrogen) atoms. The Labute approximate surface area is 200 Å². The van der Waals surface area contributed by atoms with Gasteiger partial charge in [0.2, 0.25) is 0 Å². The smallest absolute Gasteiger partial charge is 0.126 e. The molecule has 0 aliphatic carbocycles. The van der Waals surface area contributed by atoms with Crippen LogP contribution in [-0.2, 0) is 13.1 Å². The van der Waals surface area contributed by atoms with Crippen LogP contribution in [0.1, 0.15) is 11.3 Å². The average Bonchev–Trinajstić information content (AvgIpc) is 3.35. The first kappa shape index (κ1) is 21.5. The molecule has 0 saturated carbocycles. The Hall–Kier alpha value is -4.31. The van der Waals surface area contributed by atoms with Crippen LogP contribution in [0.15, 0.2) is 116 Å². The number of hydrogen-bond acceptors (Lipinski definition) is 3. The predicted molar refractivity (Wildman–Crippen MR) is 139 cm³/mol. The predicted octanol–water partition coefficient (Wildman–Crippen LogP) is 6.89. The third kappa shape index (κ3) is 4.86. The molecule has 1 heterocycles. The molecule has 0 amide bonds. The van der Waals surface area contributed by atoms with Crippen LogP contribution in [0.4, 0.5) is 5.69 Å². The van der Waals surface area contributed by atoms with Crippen molar-refractivity contribution in [2.24, 2.45) is 0 Å². The van der Waals surface area contributed by atoms with Crippen molar-refractivity contribution in [3.63, 3.8) is 0 Å². The van der Waals surface area contributed by atoms with E-state index in [1.165, 1.54) is 16.7 Å². The van der Waals surface area contributed by atoms with Crippen LogP contribution in [0.2, 0.25) is 0 Å². The molecule has 4 nitrogen and oxygen atoms in total. The molecule has 5 rings (SSSR count). The Kier molecular flexibility index (Phi) is 6.39. The van der Waals surface area contributed by atoms with Crippen LogP contribution in [0.25, 0.3) is 22.3 Å². The maximum atomic E-state index is 5.59. The van der Waals surface area contributed by atoms with Crippen LogP contribution < -0.4 is 10.1 Å². The molecule has 0 aliphatic rings. The molecular formula is C30H27N3O. The third-order valence-corrected chi connectivity index (χ3v) is 5.97. The second kappa shape index (κ2) is 10.1. The highest BCUT2D eigenvalue weighted by Gasteiger charge is 2.08. The maximum absolute atomic E-state index is 5.59. The third-order valence-electron chi connectivity index (χ3n) is 5.97. The highest BCUT2D eigenvalue weighted by atomic mass is 16.5. The van der Waals surface area contributed by atoms with Gasteiger partial charge in [0.05, 0.1) is 25.7 Å². The fourth-order valence-electron chi connectivity index (χ4n) is 4.12. The van der Waals surface area contributed by atoms with E-state index in [-0.39, 0.29) is 0 Å². The van der Waals surface area contributed by atoms with Gasteiger partial charge in [0.15, 0.2) is 0 Å². The summed E-state index contributed by atoms with van der Waals surface area (Å²) in [6.07, 6.45) is 3.82. The Morgan fingerprint density at radius 3 is 2.15 bits per heavy atom. The molecule has 0 aliphatic heterocycles. The van der Waals surface area contributed by atoms with Crippen molar-refractivity contribution >= 4 is 5.69 Å². The van der Waals surface area contributed by atoms with Crippen molar-refractivity contribution in [3.8, 4) is 28.0 Å². The van der Waals surface area contributed by atoms with E-state index in [9.17, 15) is 0 Å². The van der Waals surface area contributed by atoms with Crippen molar-refractivity contribution in [1.29, 1.82) is 0 Å². The summed E-state index contributed by atoms with van der Waals surface area (Å²) in [5.74, 6) is 0.862. The van der Waals surface area contributed by atoms with Crippen LogP contribution in [0, 0.1) is 0 Å². The molecule has 0 radical (unpaired) electrons. The summed E-state index contributed by atoms with van der Waals surface area (Å²) in [7, 11) is 1.71. The minimum absolute atomic E-state index is 0.683. The van der Waals surface area contributed by atoms with Gasteiger partial charge in [0, 0.05) is 24.0 Å². The summed E-state index contributed by atoms with van der Waals surface area (Å²) in [5, 5.41) is 3.55. The summed E-state index contributed by atoms with van der Waals surface area (Å²) >= 11 is 0. The molecule has 0 spiro atoms. The van der Waals surface area contributed by atoms with Crippen LogP contribution in [-0.4, -0.2) is 16.7 Å². The first-order valence-corrected chi connectivity index (χ1v) is 11.4. The molecule has 1 N–H and O–H groups in total. The number of rotatable bonds is 8. The molecule has 0 bridgehead atoms. The van der Waals surface area contributed by atoms with Gasteiger partial charge in [-0.15, -0.1) is 0 Å². The lowest BCUT2D eigenvalue weighted by Crippen LogP contribution is -2.08. The van der Waals surface area contributed by atoms with E-state index in [0.29, 0.717) is 6.54 Å². The lowest BCUT2D eigenvalue weighted by Gasteiger charge is -2.14. The van der Waals surface area contributed by atoms with Crippen molar-refractivity contribution < 1.29 is 4.74 Å². The molecule has 5 aromatic rings. The summed E-state index contributed by atoms with van der Waals surface area (Å²) in [4.78, 5) is 4.39. The first-order chi connectivity index (χ1) is 16.8. The molecule has 4 aromatic carbocycles. The zero-order valence-corrected chi connectivity index (χ0v) is 19.2. The van der Waals surface area contributed by atoms with Gasteiger partial charge in [-0.1, -0.05) is 84.9 Å². The van der Waals surface area contributed by atoms with E-state index in [2.05, 4.69) is 81.6 Å². The average molecular weight is 446 g/mol. The van der Waals surface area contributed by atoms with Crippen LogP contribution in [0.5, 0.6) is 5.75 Å². The minimum Gasteiger partial charge on any atom is -0.496 e. The lowest BCUT2D eigenvalue weighted by molar-refractivity contribution is 0.416. The Balaban J connectivity index is 1.28. The van der Waals surface area contributed by atoms with Gasteiger partial charge in [-0.2, -0.15) is 0 Å². The Bertz CT molecular complexity index is 1340. The van der Waals surface area contributed by atoms with Crippen molar-refractivity contribution in [2.45, 2.75) is 13.1 Å². The Morgan fingerprint density at radius 1 is 0.765 bits per heavy atom. The second-order valence-corrected chi connectivity index (χ2v) is 8.21. The van der Waals surface area contributed by atoms with Gasteiger partial charge in [-0.3, -0.25) is 0 Å². The minimum atomic E-state index is 0.683. The van der Waals surface area contributed by atoms with Crippen molar-refractivity contribution in [1.82, 2.24) is 9.55 Å². The number of nitrogens with one attached hydrogen (secondary N) is 1. The molecule has 1 aromatic heterocycles. The highest BCUT2D eigenvalue weighted by molar-refractivity contribution is 5.74. The van der Waals surface area contributed by atoms with E-state index in [1.54, 1.807) is 7.11 Å². The molecule has 0 saturated heterocycles. The lowest BCUT2D eigenvalue weighted by atomic mass is 10.0. The van der Waals surface area contributed by atoms with Gasteiger partial charge >= 0.3 is 0 Å². The summed E-state index contributed by atoms with van der Waals surface area (Å²) in [6, 6.07) is 35.7. The zero-order chi connectivity index (χ0) is 23.2.